The molecule has 10 nitrogen and oxygen atoms in total. The predicted molar refractivity (Wildman–Crippen MR) is 141 cm³/mol. The lowest BCUT2D eigenvalue weighted by molar-refractivity contribution is -0.385. The minimum Gasteiger partial charge on any atom is -0.342 e. The lowest BCUT2D eigenvalue weighted by atomic mass is 9.84. The number of nitro groups is 2. The third-order valence-corrected chi connectivity index (χ3v) is 7.31. The average Bonchev–Trinajstić information content (AvgIpc) is 3.34. The van der Waals surface area contributed by atoms with Crippen molar-refractivity contribution in [1.29, 1.82) is 0 Å². The molecule has 1 amide bonds. The topological polar surface area (TPSA) is 119 Å². The van der Waals surface area contributed by atoms with Gasteiger partial charge in [0.15, 0.2) is 0 Å². The zero-order valence-corrected chi connectivity index (χ0v) is 21.1. The van der Waals surface area contributed by atoms with E-state index in [-0.39, 0.29) is 17.3 Å². The third kappa shape index (κ3) is 5.05. The van der Waals surface area contributed by atoms with Crippen molar-refractivity contribution >= 4 is 34.6 Å². The van der Waals surface area contributed by atoms with Gasteiger partial charge in [-0.05, 0) is 66.8 Å². The molecule has 0 aromatic heterocycles. The molecule has 2 fully saturated rings. The number of nitro benzene ring substituents is 2. The van der Waals surface area contributed by atoms with Gasteiger partial charge in [-0.25, -0.2) is 5.06 Å². The number of benzene rings is 3. The Labute approximate surface area is 223 Å². The number of carbonyl (C=O) groups excluding carboxylic acids is 1. The van der Waals surface area contributed by atoms with E-state index in [1.54, 1.807) is 53.6 Å². The van der Waals surface area contributed by atoms with Crippen molar-refractivity contribution in [2.45, 2.75) is 31.4 Å². The van der Waals surface area contributed by atoms with Crippen LogP contribution in [0.25, 0.3) is 0 Å². The van der Waals surface area contributed by atoms with Gasteiger partial charge in [0.25, 0.3) is 11.4 Å². The second kappa shape index (κ2) is 10.8. The summed E-state index contributed by atoms with van der Waals surface area (Å²) >= 11 is 6.13. The molecule has 0 radical (unpaired) electrons. The maximum Gasteiger partial charge on any atom is 0.269 e. The summed E-state index contributed by atoms with van der Waals surface area (Å²) in [6, 6.07) is 18.5. The minimum absolute atomic E-state index is 0.0588. The molecule has 2 heterocycles. The van der Waals surface area contributed by atoms with Crippen molar-refractivity contribution in [1.82, 2.24) is 4.90 Å². The van der Waals surface area contributed by atoms with Gasteiger partial charge in [0.1, 0.15) is 6.10 Å². The van der Waals surface area contributed by atoms with Gasteiger partial charge in [-0.15, -0.1) is 0 Å². The van der Waals surface area contributed by atoms with Gasteiger partial charge in [0.05, 0.1) is 27.5 Å². The highest BCUT2D eigenvalue weighted by Crippen LogP contribution is 2.50. The number of non-ortho nitro benzene ring substituents is 2. The maximum atomic E-state index is 14.1. The van der Waals surface area contributed by atoms with E-state index in [1.807, 2.05) is 4.90 Å². The highest BCUT2D eigenvalue weighted by Gasteiger charge is 2.50. The van der Waals surface area contributed by atoms with Crippen molar-refractivity contribution in [3.8, 4) is 0 Å². The molecular weight excluding hydrogens is 512 g/mol. The van der Waals surface area contributed by atoms with Crippen molar-refractivity contribution in [2.75, 3.05) is 18.2 Å². The van der Waals surface area contributed by atoms with Gasteiger partial charge in [-0.1, -0.05) is 23.7 Å². The van der Waals surface area contributed by atoms with Gasteiger partial charge < -0.3 is 4.90 Å². The Balaban J connectivity index is 1.63. The number of nitrogens with zero attached hydrogens (tertiary/aromatic N) is 4. The van der Waals surface area contributed by atoms with E-state index in [0.717, 1.165) is 19.3 Å². The molecule has 196 valence electrons. The Morgan fingerprint density at radius 3 is 1.84 bits per heavy atom. The summed E-state index contributed by atoms with van der Waals surface area (Å²) < 4.78 is 0. The summed E-state index contributed by atoms with van der Waals surface area (Å²) in [6.45, 7) is 1.27. The standard InChI is InChI=1S/C27H25ClN4O6/c28-20-8-14-21(15-9-20)30-25(18-4-10-22(11-5-18)31(34)35)24(27(33)29-16-2-1-3-17-29)26(38-30)19-6-12-23(13-7-19)32(36)37/h4-15,24-26H,1-3,16-17H2/t24-,25-,26+/m1/s1. The number of anilines is 1. The Kier molecular flexibility index (Phi) is 7.26. The van der Waals surface area contributed by atoms with Crippen LogP contribution in [0.1, 0.15) is 42.5 Å². The van der Waals surface area contributed by atoms with Crippen LogP contribution < -0.4 is 5.06 Å². The van der Waals surface area contributed by atoms with E-state index in [0.29, 0.717) is 34.9 Å². The van der Waals surface area contributed by atoms with Crippen LogP contribution in [0.4, 0.5) is 17.1 Å². The lowest BCUT2D eigenvalue weighted by Crippen LogP contribution is -2.42. The van der Waals surface area contributed by atoms with Crippen LogP contribution in [0.15, 0.2) is 72.8 Å². The fourth-order valence-corrected chi connectivity index (χ4v) is 5.28. The third-order valence-electron chi connectivity index (χ3n) is 7.06. The predicted octanol–water partition coefficient (Wildman–Crippen LogP) is 6.02. The van der Waals surface area contributed by atoms with Crippen molar-refractivity contribution in [3.05, 3.63) is 109 Å². The molecule has 0 spiro atoms. The highest BCUT2D eigenvalue weighted by molar-refractivity contribution is 6.30. The second-order valence-corrected chi connectivity index (χ2v) is 9.82. The van der Waals surface area contributed by atoms with Crippen molar-refractivity contribution in [3.63, 3.8) is 0 Å². The molecule has 3 aromatic rings. The number of hydrogen-bond donors (Lipinski definition) is 0. The van der Waals surface area contributed by atoms with Gasteiger partial charge in [0, 0.05) is 42.4 Å². The molecule has 2 saturated heterocycles. The zero-order chi connectivity index (χ0) is 26.8. The summed E-state index contributed by atoms with van der Waals surface area (Å²) in [5, 5.41) is 24.7. The van der Waals surface area contributed by atoms with E-state index >= 15 is 0 Å². The number of hydroxylamine groups is 1. The van der Waals surface area contributed by atoms with Gasteiger partial charge in [0.2, 0.25) is 5.91 Å². The van der Waals surface area contributed by atoms with E-state index in [4.69, 9.17) is 16.4 Å². The molecule has 0 bridgehead atoms. The summed E-state index contributed by atoms with van der Waals surface area (Å²) in [6.07, 6.45) is 2.12. The Hall–Kier alpha value is -4.02. The SMILES string of the molecule is O=C([C@@H]1[C@@H](c2ccc([N+](=O)[O-])cc2)N(c2ccc(Cl)cc2)O[C@H]1c1ccc([N+](=O)[O-])cc1)N1CCCCC1. The molecule has 5 rings (SSSR count). The average molecular weight is 537 g/mol. The maximum absolute atomic E-state index is 14.1. The van der Waals surface area contributed by atoms with Crippen LogP contribution in [-0.2, 0) is 9.63 Å². The van der Waals surface area contributed by atoms with E-state index < -0.39 is 27.9 Å². The molecule has 0 saturated carbocycles. The first kappa shape index (κ1) is 25.6. The number of rotatable bonds is 6. The first-order valence-corrected chi connectivity index (χ1v) is 12.7. The molecule has 2 aliphatic rings. The molecule has 3 aromatic carbocycles. The van der Waals surface area contributed by atoms with Crippen molar-refractivity contribution in [2.24, 2.45) is 5.92 Å². The fourth-order valence-electron chi connectivity index (χ4n) is 5.15. The number of amides is 1. The lowest BCUT2D eigenvalue weighted by Gasteiger charge is -2.33. The molecule has 11 heteroatoms. The largest absolute Gasteiger partial charge is 0.342 e. The molecule has 3 atom stereocenters. The number of likely N-dealkylation sites (tertiary alicyclic amines) is 1. The van der Waals surface area contributed by atoms with Gasteiger partial charge in [-0.2, -0.15) is 0 Å². The summed E-state index contributed by atoms with van der Waals surface area (Å²) in [4.78, 5) is 44.0. The van der Waals surface area contributed by atoms with E-state index in [2.05, 4.69) is 0 Å². The molecule has 38 heavy (non-hydrogen) atoms. The number of halogens is 1. The Bertz CT molecular complexity index is 1330. The van der Waals surface area contributed by atoms with Gasteiger partial charge in [-0.3, -0.25) is 29.9 Å². The molecule has 0 aliphatic carbocycles. The molecule has 2 aliphatic heterocycles. The van der Waals surface area contributed by atoms with Crippen LogP contribution in [0, 0.1) is 26.1 Å². The van der Waals surface area contributed by atoms with E-state index in [1.165, 1.54) is 24.3 Å². The first-order chi connectivity index (χ1) is 18.3. The normalized spacial score (nSPS) is 21.3. The summed E-state index contributed by atoms with van der Waals surface area (Å²) in [5.74, 6) is -0.806. The molecular formula is C27H25ClN4O6. The van der Waals surface area contributed by atoms with Crippen LogP contribution >= 0.6 is 11.6 Å². The minimum atomic E-state index is -0.749. The number of carbonyl (C=O) groups is 1. The Morgan fingerprint density at radius 2 is 1.32 bits per heavy atom. The zero-order valence-electron chi connectivity index (χ0n) is 20.3. The van der Waals surface area contributed by atoms with Crippen LogP contribution in [0.5, 0.6) is 0 Å². The highest BCUT2D eigenvalue weighted by atomic mass is 35.5. The second-order valence-electron chi connectivity index (χ2n) is 9.38. The monoisotopic (exact) mass is 536 g/mol. The van der Waals surface area contributed by atoms with Crippen LogP contribution in [-0.4, -0.2) is 33.7 Å². The summed E-state index contributed by atoms with van der Waals surface area (Å²) in [5.41, 5.74) is 1.82. The number of piperidine rings is 1. The van der Waals surface area contributed by atoms with Crippen LogP contribution in [0.3, 0.4) is 0 Å². The summed E-state index contributed by atoms with van der Waals surface area (Å²) in [7, 11) is 0. The first-order valence-electron chi connectivity index (χ1n) is 12.3. The Morgan fingerprint density at radius 1 is 0.789 bits per heavy atom. The smallest absolute Gasteiger partial charge is 0.269 e. The number of hydrogen-bond acceptors (Lipinski definition) is 7. The molecule has 0 N–H and O–H groups in total. The molecule has 0 unspecified atom stereocenters. The van der Waals surface area contributed by atoms with Crippen LogP contribution in [0.2, 0.25) is 5.02 Å². The van der Waals surface area contributed by atoms with Gasteiger partial charge >= 0.3 is 0 Å². The van der Waals surface area contributed by atoms with Crippen molar-refractivity contribution < 1.29 is 19.5 Å². The quantitative estimate of drug-likeness (QED) is 0.279. The fraction of sp³-hybridized carbons (Fsp3) is 0.296. The van der Waals surface area contributed by atoms with E-state index in [9.17, 15) is 25.0 Å².